The molecule has 3 aromatic heterocycles. The SMILES string of the molecule is Cc1cc(-c2cn(CC(=O)Nc3cc(N4CCN(C)C[C@@H]4C)nc(F)c3Cl)c3nc4n(c(=O)c23)CC(C)(C)C4)cc(F)c1O. The molecule has 1 aromatic carbocycles. The topological polar surface area (TPSA) is 109 Å². The number of nitrogens with zero attached hydrogens (tertiary/aromatic N) is 6. The van der Waals surface area contributed by atoms with Crippen LogP contribution in [0.3, 0.4) is 0 Å². The Kier molecular flexibility index (Phi) is 7.40. The van der Waals surface area contributed by atoms with E-state index in [9.17, 15) is 23.5 Å². The van der Waals surface area contributed by atoms with E-state index in [0.717, 1.165) is 19.2 Å². The summed E-state index contributed by atoms with van der Waals surface area (Å²) < 4.78 is 32.6. The van der Waals surface area contributed by atoms with Crippen LogP contribution in [0, 0.1) is 24.1 Å². The molecule has 232 valence electrons. The normalized spacial score (nSPS) is 18.2. The van der Waals surface area contributed by atoms with Crippen LogP contribution in [0.15, 0.2) is 29.2 Å². The maximum atomic E-state index is 14.9. The van der Waals surface area contributed by atoms with Gasteiger partial charge in [0.05, 0.1) is 11.1 Å². The number of aromatic nitrogens is 4. The summed E-state index contributed by atoms with van der Waals surface area (Å²) in [5, 5.41) is 12.6. The number of carbonyl (C=O) groups is 1. The number of aryl methyl sites for hydroxylation is 1. The molecule has 2 aliphatic heterocycles. The second-order valence-electron chi connectivity index (χ2n) is 12.7. The van der Waals surface area contributed by atoms with Gasteiger partial charge in [0.25, 0.3) is 5.56 Å². The highest BCUT2D eigenvalue weighted by atomic mass is 35.5. The Morgan fingerprint density at radius 1 is 1.20 bits per heavy atom. The number of fused-ring (bicyclic) bond motifs is 2. The van der Waals surface area contributed by atoms with Crippen LogP contribution >= 0.6 is 11.6 Å². The lowest BCUT2D eigenvalue weighted by molar-refractivity contribution is -0.116. The number of anilines is 2. The first-order chi connectivity index (χ1) is 20.7. The lowest BCUT2D eigenvalue weighted by Crippen LogP contribution is -2.50. The third-order valence-electron chi connectivity index (χ3n) is 8.46. The van der Waals surface area contributed by atoms with E-state index >= 15 is 0 Å². The average molecular weight is 626 g/mol. The molecule has 1 atom stereocenters. The van der Waals surface area contributed by atoms with Crippen LogP contribution in [0.4, 0.5) is 20.3 Å². The van der Waals surface area contributed by atoms with E-state index in [1.807, 2.05) is 32.7 Å². The standard InChI is InChI=1S/C31H34ClF2N7O3/c1-16-8-18(9-20(33)27(16)43)19-13-39(29-25(19)30(44)41-15-31(3,4)11-23(41)37-29)14-24(42)35-21-10-22(36-28(34)26(21)32)40-7-6-38(5)12-17(40)2/h8-10,13,17,43H,6-7,11-12,14-15H2,1-5H3,(H,35,36,42)/t17-/m0/s1. The van der Waals surface area contributed by atoms with E-state index in [0.29, 0.717) is 47.8 Å². The van der Waals surface area contributed by atoms with Crippen molar-refractivity contribution in [2.45, 2.75) is 53.2 Å². The number of benzene rings is 1. The predicted octanol–water partition coefficient (Wildman–Crippen LogP) is 4.57. The molecule has 0 aliphatic carbocycles. The second kappa shape index (κ2) is 10.8. The van der Waals surface area contributed by atoms with Gasteiger partial charge in [-0.1, -0.05) is 25.4 Å². The van der Waals surface area contributed by atoms with Crippen molar-refractivity contribution in [3.05, 3.63) is 62.9 Å². The largest absolute Gasteiger partial charge is 0.505 e. The first-order valence-electron chi connectivity index (χ1n) is 14.5. The molecule has 6 rings (SSSR count). The van der Waals surface area contributed by atoms with Gasteiger partial charge < -0.3 is 24.8 Å². The van der Waals surface area contributed by atoms with Crippen LogP contribution in [-0.2, 0) is 24.3 Å². The molecule has 5 heterocycles. The zero-order chi connectivity index (χ0) is 31.7. The summed E-state index contributed by atoms with van der Waals surface area (Å²) in [6, 6.07) is 4.37. The maximum absolute atomic E-state index is 14.9. The maximum Gasteiger partial charge on any atom is 0.263 e. The van der Waals surface area contributed by atoms with Crippen molar-refractivity contribution < 1.29 is 18.7 Å². The van der Waals surface area contributed by atoms with E-state index in [2.05, 4.69) is 15.2 Å². The number of hydrogen-bond donors (Lipinski definition) is 2. The Hall–Kier alpha value is -4.03. The Balaban J connectivity index is 1.39. The number of pyridine rings is 1. The van der Waals surface area contributed by atoms with Crippen LogP contribution in [0.25, 0.3) is 22.2 Å². The Bertz CT molecular complexity index is 1860. The van der Waals surface area contributed by atoms with Crippen molar-refractivity contribution in [2.75, 3.05) is 36.9 Å². The highest BCUT2D eigenvalue weighted by molar-refractivity contribution is 6.33. The van der Waals surface area contributed by atoms with Crippen LogP contribution < -0.4 is 15.8 Å². The molecule has 2 aliphatic rings. The van der Waals surface area contributed by atoms with Gasteiger partial charge in [-0.15, -0.1) is 0 Å². The number of nitrogens with one attached hydrogen (secondary N) is 1. The van der Waals surface area contributed by atoms with Crippen LogP contribution in [0.2, 0.25) is 5.02 Å². The van der Waals surface area contributed by atoms with Gasteiger partial charge in [0.2, 0.25) is 11.9 Å². The number of phenols is 1. The smallest absolute Gasteiger partial charge is 0.263 e. The molecule has 1 saturated heterocycles. The van der Waals surface area contributed by atoms with Crippen molar-refractivity contribution in [1.29, 1.82) is 0 Å². The van der Waals surface area contributed by atoms with E-state index in [4.69, 9.17) is 16.6 Å². The number of carbonyl (C=O) groups excluding carboxylic acids is 1. The molecule has 4 aromatic rings. The van der Waals surface area contributed by atoms with Crippen molar-refractivity contribution >= 4 is 40.0 Å². The minimum absolute atomic E-state index is 0.0698. The zero-order valence-corrected chi connectivity index (χ0v) is 26.0. The highest BCUT2D eigenvalue weighted by Gasteiger charge is 2.33. The summed E-state index contributed by atoms with van der Waals surface area (Å²) in [6.07, 6.45) is 2.15. The monoisotopic (exact) mass is 625 g/mol. The number of aromatic hydroxyl groups is 1. The van der Waals surface area contributed by atoms with Gasteiger partial charge in [-0.3, -0.25) is 14.2 Å². The number of likely N-dealkylation sites (N-methyl/N-ethyl adjacent to an activating group) is 1. The van der Waals surface area contributed by atoms with Crippen molar-refractivity contribution in [3.8, 4) is 16.9 Å². The molecule has 1 fully saturated rings. The van der Waals surface area contributed by atoms with Crippen LogP contribution in [0.5, 0.6) is 5.75 Å². The molecule has 1 amide bonds. The fourth-order valence-corrected chi connectivity index (χ4v) is 6.44. The summed E-state index contributed by atoms with van der Waals surface area (Å²) in [6.45, 7) is 10.0. The third-order valence-corrected chi connectivity index (χ3v) is 8.82. The number of piperazine rings is 1. The van der Waals surface area contributed by atoms with E-state index < -0.39 is 23.4 Å². The first kappa shape index (κ1) is 30.0. The van der Waals surface area contributed by atoms with E-state index in [1.165, 1.54) is 4.57 Å². The fraction of sp³-hybridized carbons (Fsp3) is 0.419. The molecule has 0 bridgehead atoms. The summed E-state index contributed by atoms with van der Waals surface area (Å²) in [5.41, 5.74) is 0.913. The molecule has 10 nitrogen and oxygen atoms in total. The fourth-order valence-electron chi connectivity index (χ4n) is 6.30. The molecule has 0 radical (unpaired) electrons. The van der Waals surface area contributed by atoms with Gasteiger partial charge >= 0.3 is 0 Å². The Morgan fingerprint density at radius 2 is 1.95 bits per heavy atom. The van der Waals surface area contributed by atoms with Gasteiger partial charge in [0.15, 0.2) is 11.6 Å². The lowest BCUT2D eigenvalue weighted by atomic mass is 9.92. The molecule has 0 saturated carbocycles. The summed E-state index contributed by atoms with van der Waals surface area (Å²) in [5.74, 6) is -1.76. The lowest BCUT2D eigenvalue weighted by Gasteiger charge is -2.39. The van der Waals surface area contributed by atoms with Crippen molar-refractivity contribution in [3.63, 3.8) is 0 Å². The molecular weight excluding hydrogens is 592 g/mol. The number of rotatable bonds is 5. The Morgan fingerprint density at radius 3 is 2.66 bits per heavy atom. The molecule has 13 heteroatoms. The van der Waals surface area contributed by atoms with E-state index in [-0.39, 0.29) is 45.3 Å². The second-order valence-corrected chi connectivity index (χ2v) is 13.1. The van der Waals surface area contributed by atoms with Gasteiger partial charge in [-0.25, -0.2) is 14.4 Å². The van der Waals surface area contributed by atoms with Gasteiger partial charge in [-0.05, 0) is 49.6 Å². The number of hydrogen-bond acceptors (Lipinski definition) is 7. The zero-order valence-electron chi connectivity index (χ0n) is 25.2. The van der Waals surface area contributed by atoms with Gasteiger partial charge in [0, 0.05) is 56.5 Å². The quantitative estimate of drug-likeness (QED) is 0.313. The average Bonchev–Trinajstić information content (AvgIpc) is 3.45. The molecular formula is C31H34ClF2N7O3. The third kappa shape index (κ3) is 5.30. The highest BCUT2D eigenvalue weighted by Crippen LogP contribution is 2.36. The minimum Gasteiger partial charge on any atom is -0.505 e. The molecule has 0 spiro atoms. The summed E-state index contributed by atoms with van der Waals surface area (Å²) in [4.78, 5) is 40.3. The number of phenolic OH excluding ortho intramolecular Hbond substituents is 1. The number of halogens is 3. The molecule has 0 unspecified atom stereocenters. The van der Waals surface area contributed by atoms with Crippen LogP contribution in [-0.4, -0.2) is 67.7 Å². The predicted molar refractivity (Wildman–Crippen MR) is 165 cm³/mol. The first-order valence-corrected chi connectivity index (χ1v) is 14.8. The number of amides is 1. The van der Waals surface area contributed by atoms with Crippen molar-refractivity contribution in [1.82, 2.24) is 24.0 Å². The minimum atomic E-state index is -0.892. The summed E-state index contributed by atoms with van der Waals surface area (Å²) >= 11 is 6.25. The van der Waals surface area contributed by atoms with Crippen molar-refractivity contribution in [2.24, 2.45) is 5.41 Å². The van der Waals surface area contributed by atoms with Crippen LogP contribution in [0.1, 0.15) is 32.2 Å². The molecule has 2 N–H and O–H groups in total. The molecule has 44 heavy (non-hydrogen) atoms. The van der Waals surface area contributed by atoms with Gasteiger partial charge in [-0.2, -0.15) is 4.39 Å². The van der Waals surface area contributed by atoms with E-state index in [1.54, 1.807) is 29.8 Å². The Labute approximate surface area is 257 Å². The summed E-state index contributed by atoms with van der Waals surface area (Å²) in [7, 11) is 2.02. The van der Waals surface area contributed by atoms with Gasteiger partial charge in [0.1, 0.15) is 28.9 Å².